The summed E-state index contributed by atoms with van der Waals surface area (Å²) >= 11 is 0. The van der Waals surface area contributed by atoms with Crippen LogP contribution >= 0.6 is 0 Å². The van der Waals surface area contributed by atoms with E-state index in [-0.39, 0.29) is 12.3 Å². The van der Waals surface area contributed by atoms with Crippen LogP contribution in [0.5, 0.6) is 0 Å². The van der Waals surface area contributed by atoms with Crippen molar-refractivity contribution in [1.29, 1.82) is 5.26 Å². The first-order valence-electron chi connectivity index (χ1n) is 8.77. The molecule has 136 valence electrons. The monoisotopic (exact) mass is 359 g/mol. The Balaban J connectivity index is 1.80. The molecule has 0 saturated carbocycles. The molecule has 3 aromatic rings. The number of hydrogen-bond acceptors (Lipinski definition) is 4. The molecule has 0 saturated heterocycles. The maximum Gasteiger partial charge on any atom is 0.254 e. The summed E-state index contributed by atoms with van der Waals surface area (Å²) in [5, 5.41) is 13.4. The summed E-state index contributed by atoms with van der Waals surface area (Å²) in [5.41, 5.74) is 4.42. The van der Waals surface area contributed by atoms with Gasteiger partial charge in [0.25, 0.3) is 5.91 Å². The Morgan fingerprint density at radius 3 is 2.59 bits per heavy atom. The van der Waals surface area contributed by atoms with Crippen molar-refractivity contribution in [3.8, 4) is 11.8 Å². The largest absolute Gasteiger partial charge is 0.333 e. The van der Waals surface area contributed by atoms with Gasteiger partial charge in [0.2, 0.25) is 0 Å². The average molecular weight is 359 g/mol. The van der Waals surface area contributed by atoms with Crippen LogP contribution in [0.25, 0.3) is 5.69 Å². The summed E-state index contributed by atoms with van der Waals surface area (Å²) in [7, 11) is 0. The van der Waals surface area contributed by atoms with Crippen molar-refractivity contribution >= 4 is 5.91 Å². The molecule has 0 radical (unpaired) electrons. The highest BCUT2D eigenvalue weighted by Gasteiger charge is 2.16. The Morgan fingerprint density at radius 2 is 2.00 bits per heavy atom. The quantitative estimate of drug-likeness (QED) is 0.676. The van der Waals surface area contributed by atoms with Crippen LogP contribution in [0, 0.1) is 25.2 Å². The van der Waals surface area contributed by atoms with Crippen LogP contribution in [0.3, 0.4) is 0 Å². The minimum Gasteiger partial charge on any atom is -0.333 e. The van der Waals surface area contributed by atoms with E-state index in [2.05, 4.69) is 16.2 Å². The fourth-order valence-electron chi connectivity index (χ4n) is 2.97. The van der Waals surface area contributed by atoms with E-state index in [1.165, 1.54) is 0 Å². The Labute approximate surface area is 158 Å². The van der Waals surface area contributed by atoms with Gasteiger partial charge in [-0.05, 0) is 55.8 Å². The van der Waals surface area contributed by atoms with Crippen molar-refractivity contribution in [3.05, 3.63) is 77.4 Å². The molecule has 3 rings (SSSR count). The number of pyridine rings is 1. The van der Waals surface area contributed by atoms with E-state index in [0.29, 0.717) is 18.7 Å². The lowest BCUT2D eigenvalue weighted by Crippen LogP contribution is -2.31. The van der Waals surface area contributed by atoms with Crippen molar-refractivity contribution in [2.24, 2.45) is 0 Å². The molecule has 27 heavy (non-hydrogen) atoms. The van der Waals surface area contributed by atoms with Gasteiger partial charge in [0, 0.05) is 36.7 Å². The lowest BCUT2D eigenvalue weighted by atomic mass is 10.1. The minimum absolute atomic E-state index is 0.103. The third-order valence-electron chi connectivity index (χ3n) is 4.25. The zero-order valence-electron chi connectivity index (χ0n) is 15.5. The van der Waals surface area contributed by atoms with Gasteiger partial charge in [-0.25, -0.2) is 4.68 Å². The van der Waals surface area contributed by atoms with Crippen molar-refractivity contribution in [2.45, 2.75) is 26.8 Å². The Hall–Kier alpha value is -3.46. The predicted octanol–water partition coefficient (Wildman–Crippen LogP) is 3.44. The number of rotatable bonds is 6. The van der Waals surface area contributed by atoms with Gasteiger partial charge in [-0.3, -0.25) is 9.78 Å². The molecular formula is C21H21N5O. The number of aryl methyl sites for hydroxylation is 2. The van der Waals surface area contributed by atoms with E-state index in [9.17, 15) is 4.79 Å². The maximum absolute atomic E-state index is 12.9. The van der Waals surface area contributed by atoms with Gasteiger partial charge in [-0.1, -0.05) is 6.07 Å². The van der Waals surface area contributed by atoms with Crippen molar-refractivity contribution in [3.63, 3.8) is 0 Å². The van der Waals surface area contributed by atoms with Crippen LogP contribution in [-0.2, 0) is 6.54 Å². The summed E-state index contributed by atoms with van der Waals surface area (Å²) in [4.78, 5) is 18.7. The summed E-state index contributed by atoms with van der Waals surface area (Å²) in [5.74, 6) is -0.103. The lowest BCUT2D eigenvalue weighted by molar-refractivity contribution is 0.0746. The summed E-state index contributed by atoms with van der Waals surface area (Å²) in [6, 6.07) is 15.3. The van der Waals surface area contributed by atoms with Gasteiger partial charge in [-0.15, -0.1) is 0 Å². The number of aromatic nitrogens is 3. The van der Waals surface area contributed by atoms with E-state index < -0.39 is 0 Å². The first kappa shape index (κ1) is 18.3. The number of nitriles is 1. The zero-order chi connectivity index (χ0) is 19.2. The van der Waals surface area contributed by atoms with Crippen LogP contribution in [0.4, 0.5) is 0 Å². The van der Waals surface area contributed by atoms with Crippen LogP contribution in [0.1, 0.15) is 33.7 Å². The maximum atomic E-state index is 12.9. The van der Waals surface area contributed by atoms with Crippen LogP contribution in [-0.4, -0.2) is 32.1 Å². The minimum atomic E-state index is -0.103. The average Bonchev–Trinajstić information content (AvgIpc) is 3.03. The van der Waals surface area contributed by atoms with Gasteiger partial charge in [-0.2, -0.15) is 10.4 Å². The van der Waals surface area contributed by atoms with Gasteiger partial charge in [0.1, 0.15) is 0 Å². The zero-order valence-corrected chi connectivity index (χ0v) is 15.5. The molecule has 6 heteroatoms. The molecule has 0 fully saturated rings. The van der Waals surface area contributed by atoms with E-state index in [1.807, 2.05) is 48.9 Å². The molecule has 0 spiro atoms. The van der Waals surface area contributed by atoms with Gasteiger partial charge < -0.3 is 4.90 Å². The molecule has 0 N–H and O–H groups in total. The molecule has 0 aliphatic heterocycles. The second-order valence-electron chi connectivity index (χ2n) is 6.38. The Morgan fingerprint density at radius 1 is 1.22 bits per heavy atom. The van der Waals surface area contributed by atoms with Crippen LogP contribution in [0.2, 0.25) is 0 Å². The number of nitrogens with zero attached hydrogens (tertiary/aromatic N) is 5. The number of amides is 1. The molecular weight excluding hydrogens is 338 g/mol. The smallest absolute Gasteiger partial charge is 0.254 e. The molecule has 2 aromatic heterocycles. The van der Waals surface area contributed by atoms with Crippen molar-refractivity contribution in [2.75, 3.05) is 6.54 Å². The number of carbonyl (C=O) groups excluding carboxylic acids is 1. The summed E-state index contributed by atoms with van der Waals surface area (Å²) < 4.78 is 1.85. The fourth-order valence-corrected chi connectivity index (χ4v) is 2.97. The molecule has 1 aromatic carbocycles. The second kappa shape index (κ2) is 8.28. The molecule has 0 aliphatic carbocycles. The topological polar surface area (TPSA) is 74.8 Å². The first-order chi connectivity index (χ1) is 13.1. The van der Waals surface area contributed by atoms with E-state index in [4.69, 9.17) is 5.26 Å². The standard InChI is InChI=1S/C21H21N5O/c1-16-13-17(2)26(24-16)20-8-6-19(7-9-20)21(27)25(12-4-10-22)15-18-5-3-11-23-14-18/h3,5-9,11,13-14H,4,12,15H2,1-2H3. The number of benzene rings is 1. The molecule has 0 aliphatic rings. The van der Waals surface area contributed by atoms with Crippen molar-refractivity contribution in [1.82, 2.24) is 19.7 Å². The predicted molar refractivity (Wildman–Crippen MR) is 102 cm³/mol. The van der Waals surface area contributed by atoms with E-state index in [0.717, 1.165) is 22.6 Å². The third kappa shape index (κ3) is 4.39. The number of carbonyl (C=O) groups is 1. The van der Waals surface area contributed by atoms with Crippen LogP contribution in [0.15, 0.2) is 54.9 Å². The van der Waals surface area contributed by atoms with Crippen molar-refractivity contribution < 1.29 is 4.79 Å². The highest BCUT2D eigenvalue weighted by Crippen LogP contribution is 2.15. The lowest BCUT2D eigenvalue weighted by Gasteiger charge is -2.22. The highest BCUT2D eigenvalue weighted by atomic mass is 16.2. The van der Waals surface area contributed by atoms with Crippen LogP contribution < -0.4 is 0 Å². The van der Waals surface area contributed by atoms with E-state index >= 15 is 0 Å². The Bertz CT molecular complexity index is 954. The summed E-state index contributed by atoms with van der Waals surface area (Å²) in [6.07, 6.45) is 3.72. The second-order valence-corrected chi connectivity index (χ2v) is 6.38. The SMILES string of the molecule is Cc1cc(C)n(-c2ccc(C(=O)N(CCC#N)Cc3cccnc3)cc2)n1. The van der Waals surface area contributed by atoms with Gasteiger partial charge in [0.15, 0.2) is 0 Å². The van der Waals surface area contributed by atoms with E-state index in [1.54, 1.807) is 29.4 Å². The van der Waals surface area contributed by atoms with Gasteiger partial charge in [0.05, 0.1) is 23.9 Å². The summed E-state index contributed by atoms with van der Waals surface area (Å²) in [6.45, 7) is 4.75. The Kier molecular flexibility index (Phi) is 5.62. The third-order valence-corrected chi connectivity index (χ3v) is 4.25. The number of hydrogen-bond donors (Lipinski definition) is 0. The molecule has 0 bridgehead atoms. The first-order valence-corrected chi connectivity index (χ1v) is 8.77. The van der Waals surface area contributed by atoms with Gasteiger partial charge >= 0.3 is 0 Å². The highest BCUT2D eigenvalue weighted by molar-refractivity contribution is 5.94. The molecule has 0 unspecified atom stereocenters. The molecule has 0 atom stereocenters. The molecule has 6 nitrogen and oxygen atoms in total. The molecule has 1 amide bonds. The molecule has 2 heterocycles. The fraction of sp³-hybridized carbons (Fsp3) is 0.238. The normalized spacial score (nSPS) is 10.4.